The van der Waals surface area contributed by atoms with E-state index in [4.69, 9.17) is 4.74 Å². The molecule has 0 spiro atoms. The smallest absolute Gasteiger partial charge is 0.236 e. The monoisotopic (exact) mass is 330 g/mol. The van der Waals surface area contributed by atoms with E-state index >= 15 is 0 Å². The van der Waals surface area contributed by atoms with Crippen molar-refractivity contribution in [1.29, 1.82) is 0 Å². The first kappa shape index (κ1) is 16.8. The molecule has 0 saturated heterocycles. The SMILES string of the molecule is C[C@H](Oc1ccccc1)[C@@H](C)NC(=O)C1(C(=O)NC2CC2)CCC1. The molecule has 0 aromatic heterocycles. The zero-order valence-electron chi connectivity index (χ0n) is 14.4. The van der Waals surface area contributed by atoms with Crippen molar-refractivity contribution in [3.63, 3.8) is 0 Å². The van der Waals surface area contributed by atoms with Crippen molar-refractivity contribution in [2.45, 2.75) is 64.1 Å². The van der Waals surface area contributed by atoms with Gasteiger partial charge in [0.05, 0.1) is 6.04 Å². The van der Waals surface area contributed by atoms with E-state index in [9.17, 15) is 9.59 Å². The van der Waals surface area contributed by atoms with E-state index in [1.54, 1.807) is 0 Å². The van der Waals surface area contributed by atoms with Crippen molar-refractivity contribution >= 4 is 11.8 Å². The lowest BCUT2D eigenvalue weighted by molar-refractivity contribution is -0.150. The fourth-order valence-corrected chi connectivity index (χ4v) is 2.92. The number of hydrogen-bond acceptors (Lipinski definition) is 3. The van der Waals surface area contributed by atoms with E-state index < -0.39 is 5.41 Å². The van der Waals surface area contributed by atoms with Crippen molar-refractivity contribution in [2.75, 3.05) is 0 Å². The van der Waals surface area contributed by atoms with Gasteiger partial charge in [-0.05, 0) is 51.7 Å². The topological polar surface area (TPSA) is 67.4 Å². The zero-order chi connectivity index (χ0) is 17.2. The summed E-state index contributed by atoms with van der Waals surface area (Å²) in [5.74, 6) is 0.511. The molecule has 2 N–H and O–H groups in total. The van der Waals surface area contributed by atoms with E-state index in [2.05, 4.69) is 10.6 Å². The normalized spacial score (nSPS) is 21.1. The number of nitrogens with one attached hydrogen (secondary N) is 2. The summed E-state index contributed by atoms with van der Waals surface area (Å²) in [5.41, 5.74) is -0.872. The summed E-state index contributed by atoms with van der Waals surface area (Å²) in [7, 11) is 0. The molecular weight excluding hydrogens is 304 g/mol. The van der Waals surface area contributed by atoms with Crippen molar-refractivity contribution in [1.82, 2.24) is 10.6 Å². The highest BCUT2D eigenvalue weighted by molar-refractivity contribution is 6.06. The maximum absolute atomic E-state index is 12.7. The van der Waals surface area contributed by atoms with Crippen LogP contribution in [0, 0.1) is 5.41 Å². The summed E-state index contributed by atoms with van der Waals surface area (Å²) in [6, 6.07) is 9.64. The molecule has 3 rings (SSSR count). The molecule has 2 fully saturated rings. The minimum absolute atomic E-state index is 0.0995. The molecular formula is C19H26N2O3. The molecule has 2 saturated carbocycles. The van der Waals surface area contributed by atoms with Crippen molar-refractivity contribution in [3.05, 3.63) is 30.3 Å². The van der Waals surface area contributed by atoms with Crippen molar-refractivity contribution < 1.29 is 14.3 Å². The zero-order valence-corrected chi connectivity index (χ0v) is 14.4. The van der Waals surface area contributed by atoms with Gasteiger partial charge >= 0.3 is 0 Å². The number of rotatable bonds is 7. The molecule has 1 aromatic carbocycles. The standard InChI is InChI=1S/C19H26N2O3/c1-13(14(2)24-16-7-4-3-5-8-16)20-17(22)19(11-6-12-19)18(23)21-15-9-10-15/h3-5,7-8,13-15H,6,9-12H2,1-2H3,(H,20,22)(H,21,23)/t13-,14+/m1/s1. The van der Waals surface area contributed by atoms with Crippen LogP contribution in [-0.4, -0.2) is 30.0 Å². The summed E-state index contributed by atoms with van der Waals surface area (Å²) < 4.78 is 5.86. The molecule has 0 unspecified atom stereocenters. The third-order valence-corrected chi connectivity index (χ3v) is 5.12. The Morgan fingerprint density at radius 2 is 1.79 bits per heavy atom. The van der Waals surface area contributed by atoms with Crippen LogP contribution in [0.5, 0.6) is 5.75 Å². The maximum atomic E-state index is 12.7. The molecule has 5 nitrogen and oxygen atoms in total. The first-order valence-electron chi connectivity index (χ1n) is 8.85. The Morgan fingerprint density at radius 3 is 2.33 bits per heavy atom. The molecule has 130 valence electrons. The summed E-state index contributed by atoms with van der Waals surface area (Å²) in [6.07, 6.45) is 4.08. The van der Waals surface area contributed by atoms with Crippen LogP contribution in [0.3, 0.4) is 0 Å². The molecule has 2 atom stereocenters. The molecule has 2 aliphatic rings. The molecule has 0 heterocycles. The second-order valence-corrected chi connectivity index (χ2v) is 7.08. The first-order valence-corrected chi connectivity index (χ1v) is 8.85. The van der Waals surface area contributed by atoms with E-state index in [-0.39, 0.29) is 30.0 Å². The molecule has 0 radical (unpaired) electrons. The summed E-state index contributed by atoms with van der Waals surface area (Å²) in [4.78, 5) is 25.2. The fourth-order valence-electron chi connectivity index (χ4n) is 2.92. The van der Waals surface area contributed by atoms with E-state index in [1.165, 1.54) is 0 Å². The Labute approximate surface area is 143 Å². The number of carbonyl (C=O) groups is 2. The molecule has 2 amide bonds. The molecule has 0 aliphatic heterocycles. The lowest BCUT2D eigenvalue weighted by Gasteiger charge is -2.39. The van der Waals surface area contributed by atoms with Crippen LogP contribution >= 0.6 is 0 Å². The Hall–Kier alpha value is -2.04. The second-order valence-electron chi connectivity index (χ2n) is 7.08. The second kappa shape index (κ2) is 6.83. The van der Waals surface area contributed by atoms with Gasteiger partial charge in [-0.1, -0.05) is 24.6 Å². The molecule has 1 aromatic rings. The minimum Gasteiger partial charge on any atom is -0.489 e. The van der Waals surface area contributed by atoms with Crippen LogP contribution < -0.4 is 15.4 Å². The number of benzene rings is 1. The number of amides is 2. The molecule has 0 bridgehead atoms. The quantitative estimate of drug-likeness (QED) is 0.755. The van der Waals surface area contributed by atoms with Gasteiger partial charge in [0.2, 0.25) is 11.8 Å². The van der Waals surface area contributed by atoms with Crippen LogP contribution in [0.1, 0.15) is 46.0 Å². The van der Waals surface area contributed by atoms with Crippen LogP contribution in [0.4, 0.5) is 0 Å². The van der Waals surface area contributed by atoms with Crippen LogP contribution in [0.25, 0.3) is 0 Å². The molecule has 2 aliphatic carbocycles. The van der Waals surface area contributed by atoms with E-state index in [1.807, 2.05) is 44.2 Å². The number of hydrogen-bond donors (Lipinski definition) is 2. The van der Waals surface area contributed by atoms with Gasteiger partial charge in [0.1, 0.15) is 17.3 Å². The van der Waals surface area contributed by atoms with Crippen molar-refractivity contribution in [3.8, 4) is 5.75 Å². The van der Waals surface area contributed by atoms with Gasteiger partial charge in [-0.2, -0.15) is 0 Å². The highest BCUT2D eigenvalue weighted by atomic mass is 16.5. The van der Waals surface area contributed by atoms with Crippen LogP contribution in [-0.2, 0) is 9.59 Å². The summed E-state index contributed by atoms with van der Waals surface area (Å²) in [6.45, 7) is 3.84. The maximum Gasteiger partial charge on any atom is 0.236 e. The van der Waals surface area contributed by atoms with Gasteiger partial charge in [-0.15, -0.1) is 0 Å². The Balaban J connectivity index is 1.57. The predicted octanol–water partition coefficient (Wildman–Crippen LogP) is 2.41. The van der Waals surface area contributed by atoms with Gasteiger partial charge in [0.25, 0.3) is 0 Å². The number of carbonyl (C=O) groups excluding carboxylic acids is 2. The lowest BCUT2D eigenvalue weighted by Crippen LogP contribution is -2.58. The number of para-hydroxylation sites is 1. The lowest BCUT2D eigenvalue weighted by atomic mass is 9.67. The first-order chi connectivity index (χ1) is 11.5. The highest BCUT2D eigenvalue weighted by Crippen LogP contribution is 2.42. The third kappa shape index (κ3) is 3.55. The Bertz CT molecular complexity index is 594. The minimum atomic E-state index is -0.872. The van der Waals surface area contributed by atoms with Crippen LogP contribution in [0.2, 0.25) is 0 Å². The van der Waals surface area contributed by atoms with Crippen molar-refractivity contribution in [2.24, 2.45) is 5.41 Å². The van der Waals surface area contributed by atoms with Gasteiger partial charge in [0.15, 0.2) is 0 Å². The van der Waals surface area contributed by atoms with Gasteiger partial charge in [0, 0.05) is 6.04 Å². The summed E-state index contributed by atoms with van der Waals surface area (Å²) in [5, 5.41) is 5.98. The number of ether oxygens (including phenoxy) is 1. The third-order valence-electron chi connectivity index (χ3n) is 5.12. The largest absolute Gasteiger partial charge is 0.489 e. The molecule has 5 heteroatoms. The highest BCUT2D eigenvalue weighted by Gasteiger charge is 2.52. The average molecular weight is 330 g/mol. The Kier molecular flexibility index (Phi) is 4.78. The predicted molar refractivity (Wildman–Crippen MR) is 91.6 cm³/mol. The van der Waals surface area contributed by atoms with Gasteiger partial charge in [-0.25, -0.2) is 0 Å². The summed E-state index contributed by atoms with van der Waals surface area (Å²) >= 11 is 0. The average Bonchev–Trinajstić information content (AvgIpc) is 3.30. The van der Waals surface area contributed by atoms with Gasteiger partial charge in [-0.3, -0.25) is 9.59 Å². The van der Waals surface area contributed by atoms with Crippen LogP contribution in [0.15, 0.2) is 30.3 Å². The Morgan fingerprint density at radius 1 is 1.12 bits per heavy atom. The van der Waals surface area contributed by atoms with E-state index in [0.717, 1.165) is 25.0 Å². The fraction of sp³-hybridized carbons (Fsp3) is 0.579. The molecule has 24 heavy (non-hydrogen) atoms. The van der Waals surface area contributed by atoms with E-state index in [0.29, 0.717) is 12.8 Å². The van der Waals surface area contributed by atoms with Gasteiger partial charge < -0.3 is 15.4 Å².